The average Bonchev–Trinajstić information content (AvgIpc) is 2.93. The van der Waals surface area contributed by atoms with E-state index in [1.54, 1.807) is 11.6 Å². The van der Waals surface area contributed by atoms with Crippen LogP contribution in [0.15, 0.2) is 18.7 Å². The number of anilines is 1. The molecule has 28 heavy (non-hydrogen) atoms. The molecule has 0 spiro atoms. The van der Waals surface area contributed by atoms with Crippen LogP contribution < -0.4 is 5.32 Å². The molecule has 0 aliphatic carbocycles. The summed E-state index contributed by atoms with van der Waals surface area (Å²) in [5.74, 6) is -0.411. The Bertz CT molecular complexity index is 948. The summed E-state index contributed by atoms with van der Waals surface area (Å²) < 4.78 is 64.9. The van der Waals surface area contributed by atoms with Crippen LogP contribution in [0.3, 0.4) is 0 Å². The number of nitrogens with one attached hydrogen (secondary N) is 1. The zero-order valence-corrected chi connectivity index (χ0v) is 16.6. The second kappa shape index (κ2) is 7.48. The van der Waals surface area contributed by atoms with E-state index in [4.69, 9.17) is 11.6 Å². The van der Waals surface area contributed by atoms with Crippen molar-refractivity contribution in [3.05, 3.63) is 35.1 Å². The van der Waals surface area contributed by atoms with Gasteiger partial charge >= 0.3 is 6.18 Å². The molecule has 154 valence electrons. The van der Waals surface area contributed by atoms with Gasteiger partial charge < -0.3 is 9.88 Å². The maximum atomic E-state index is 12.7. The van der Waals surface area contributed by atoms with Crippen molar-refractivity contribution in [2.24, 2.45) is 7.05 Å². The minimum Gasteiger partial charge on any atom is -0.351 e. The van der Waals surface area contributed by atoms with Crippen LogP contribution in [0.2, 0.25) is 5.15 Å². The quantitative estimate of drug-likeness (QED) is 0.786. The number of halogens is 4. The molecule has 3 heterocycles. The van der Waals surface area contributed by atoms with Gasteiger partial charge in [-0.15, -0.1) is 0 Å². The van der Waals surface area contributed by atoms with Crippen molar-refractivity contribution in [2.75, 3.05) is 24.7 Å². The standard InChI is InChI=1S/C15H18ClF3N6O2S/c1-24-8-22-12(13(24)16)10-7-25(28(2,26)27)4-3-11(10)23-14-20-5-9(6-21-14)15(17,18)19/h5-6,8,10-11H,3-4,7H2,1-2H3,(H,20,21,23). The number of imidazole rings is 1. The molecular formula is C15H18ClF3N6O2S. The Balaban J connectivity index is 1.86. The maximum absolute atomic E-state index is 12.7. The summed E-state index contributed by atoms with van der Waals surface area (Å²) in [6.45, 7) is 0.381. The lowest BCUT2D eigenvalue weighted by molar-refractivity contribution is -0.138. The van der Waals surface area contributed by atoms with E-state index in [0.29, 0.717) is 29.7 Å². The molecule has 0 bridgehead atoms. The lowest BCUT2D eigenvalue weighted by Gasteiger charge is -2.37. The van der Waals surface area contributed by atoms with E-state index in [-0.39, 0.29) is 25.1 Å². The zero-order valence-electron chi connectivity index (χ0n) is 15.0. The summed E-state index contributed by atoms with van der Waals surface area (Å²) in [6.07, 6.45) is -0.106. The minimum atomic E-state index is -4.52. The second-order valence-electron chi connectivity index (χ2n) is 6.59. The smallest absolute Gasteiger partial charge is 0.351 e. The van der Waals surface area contributed by atoms with Gasteiger partial charge in [0, 0.05) is 44.5 Å². The molecule has 3 rings (SSSR count). The Kier molecular flexibility index (Phi) is 5.56. The first-order valence-electron chi connectivity index (χ1n) is 8.24. The Morgan fingerprint density at radius 1 is 1.25 bits per heavy atom. The summed E-state index contributed by atoms with van der Waals surface area (Å²) in [4.78, 5) is 11.7. The summed E-state index contributed by atoms with van der Waals surface area (Å²) in [5, 5.41) is 3.36. The van der Waals surface area contributed by atoms with Crippen LogP contribution in [0.25, 0.3) is 0 Å². The average molecular weight is 439 g/mol. The molecular weight excluding hydrogens is 421 g/mol. The summed E-state index contributed by atoms with van der Waals surface area (Å²) >= 11 is 6.29. The largest absolute Gasteiger partial charge is 0.419 e. The Labute approximate surface area is 164 Å². The number of nitrogens with zero attached hydrogens (tertiary/aromatic N) is 5. The van der Waals surface area contributed by atoms with Gasteiger partial charge in [0.2, 0.25) is 16.0 Å². The molecule has 2 aromatic rings. The van der Waals surface area contributed by atoms with Gasteiger partial charge in [0.15, 0.2) is 0 Å². The van der Waals surface area contributed by atoms with E-state index < -0.39 is 27.7 Å². The molecule has 2 aromatic heterocycles. The third-order valence-electron chi connectivity index (χ3n) is 4.58. The van der Waals surface area contributed by atoms with E-state index in [1.807, 2.05) is 0 Å². The topological polar surface area (TPSA) is 93.0 Å². The monoisotopic (exact) mass is 438 g/mol. The van der Waals surface area contributed by atoms with Crippen LogP contribution >= 0.6 is 11.6 Å². The second-order valence-corrected chi connectivity index (χ2v) is 8.93. The fraction of sp³-hybridized carbons (Fsp3) is 0.533. The molecule has 1 saturated heterocycles. The third kappa shape index (κ3) is 4.39. The number of aromatic nitrogens is 4. The molecule has 1 aliphatic heterocycles. The number of aryl methyl sites for hydroxylation is 1. The van der Waals surface area contributed by atoms with E-state index in [1.165, 1.54) is 10.6 Å². The third-order valence-corrected chi connectivity index (χ3v) is 6.31. The van der Waals surface area contributed by atoms with Crippen LogP contribution in [0.4, 0.5) is 19.1 Å². The summed E-state index contributed by atoms with van der Waals surface area (Å²) in [5.41, 5.74) is -0.448. The van der Waals surface area contributed by atoms with E-state index in [2.05, 4.69) is 20.3 Å². The van der Waals surface area contributed by atoms with Gasteiger partial charge in [-0.3, -0.25) is 0 Å². The van der Waals surface area contributed by atoms with Crippen LogP contribution in [0, 0.1) is 0 Å². The minimum absolute atomic E-state index is 0.0165. The molecule has 0 saturated carbocycles. The Morgan fingerprint density at radius 3 is 2.39 bits per heavy atom. The lowest BCUT2D eigenvalue weighted by atomic mass is 9.91. The van der Waals surface area contributed by atoms with Crippen LogP contribution in [-0.2, 0) is 23.2 Å². The SMILES string of the molecule is Cn1cnc(C2CN(S(C)(=O)=O)CCC2Nc2ncc(C(F)(F)F)cn2)c1Cl. The first-order chi connectivity index (χ1) is 13.0. The number of alkyl halides is 3. The Hall–Kier alpha value is -1.92. The van der Waals surface area contributed by atoms with Gasteiger partial charge in [-0.1, -0.05) is 11.6 Å². The molecule has 8 nitrogen and oxygen atoms in total. The number of rotatable bonds is 4. The summed E-state index contributed by atoms with van der Waals surface area (Å²) in [7, 11) is -1.71. The fourth-order valence-electron chi connectivity index (χ4n) is 3.07. The van der Waals surface area contributed by atoms with Crippen molar-refractivity contribution in [1.29, 1.82) is 0 Å². The van der Waals surface area contributed by atoms with E-state index >= 15 is 0 Å². The van der Waals surface area contributed by atoms with Crippen molar-refractivity contribution in [1.82, 2.24) is 23.8 Å². The van der Waals surface area contributed by atoms with E-state index in [9.17, 15) is 21.6 Å². The number of piperidine rings is 1. The van der Waals surface area contributed by atoms with Gasteiger partial charge in [-0.2, -0.15) is 13.2 Å². The van der Waals surface area contributed by atoms with Crippen LogP contribution in [0.1, 0.15) is 23.6 Å². The van der Waals surface area contributed by atoms with Crippen LogP contribution in [0.5, 0.6) is 0 Å². The van der Waals surface area contributed by atoms with Gasteiger partial charge in [0.05, 0.1) is 23.8 Å². The highest BCUT2D eigenvalue weighted by atomic mass is 35.5. The number of hydrogen-bond donors (Lipinski definition) is 1. The first kappa shape index (κ1) is 20.8. The number of hydrogen-bond acceptors (Lipinski definition) is 6. The molecule has 1 N–H and O–H groups in total. The van der Waals surface area contributed by atoms with Gasteiger partial charge in [0.1, 0.15) is 5.15 Å². The Morgan fingerprint density at radius 2 is 1.89 bits per heavy atom. The first-order valence-corrected chi connectivity index (χ1v) is 10.5. The van der Waals surface area contributed by atoms with Crippen molar-refractivity contribution < 1.29 is 21.6 Å². The molecule has 2 atom stereocenters. The maximum Gasteiger partial charge on any atom is 0.419 e. The predicted octanol–water partition coefficient (Wildman–Crippen LogP) is 2.11. The van der Waals surface area contributed by atoms with Crippen molar-refractivity contribution in [3.63, 3.8) is 0 Å². The molecule has 0 aromatic carbocycles. The molecule has 1 fully saturated rings. The molecule has 13 heteroatoms. The fourth-order valence-corrected chi connectivity index (χ4v) is 4.17. The van der Waals surface area contributed by atoms with Crippen molar-refractivity contribution in [2.45, 2.75) is 24.6 Å². The molecule has 1 aliphatic rings. The lowest BCUT2D eigenvalue weighted by Crippen LogP contribution is -2.47. The van der Waals surface area contributed by atoms with Crippen molar-refractivity contribution >= 4 is 27.6 Å². The molecule has 0 amide bonds. The van der Waals surface area contributed by atoms with Gasteiger partial charge in [-0.05, 0) is 6.42 Å². The van der Waals surface area contributed by atoms with Crippen LogP contribution in [-0.4, -0.2) is 57.6 Å². The zero-order chi connectivity index (χ0) is 20.7. The number of sulfonamides is 1. The highest BCUT2D eigenvalue weighted by Gasteiger charge is 2.37. The highest BCUT2D eigenvalue weighted by molar-refractivity contribution is 7.88. The van der Waals surface area contributed by atoms with Gasteiger partial charge in [-0.25, -0.2) is 27.7 Å². The van der Waals surface area contributed by atoms with Gasteiger partial charge in [0.25, 0.3) is 0 Å². The van der Waals surface area contributed by atoms with E-state index in [0.717, 1.165) is 6.26 Å². The highest BCUT2D eigenvalue weighted by Crippen LogP contribution is 2.33. The summed E-state index contributed by atoms with van der Waals surface area (Å²) in [6, 6.07) is -0.359. The normalized spacial score (nSPS) is 21.6. The predicted molar refractivity (Wildman–Crippen MR) is 96.4 cm³/mol. The molecule has 2 unspecified atom stereocenters. The van der Waals surface area contributed by atoms with Crippen molar-refractivity contribution in [3.8, 4) is 0 Å². The molecule has 0 radical (unpaired) electrons.